The molecule has 7 heteroatoms. The fraction of sp³-hybridized carbons (Fsp3) is 0.536. The van der Waals surface area contributed by atoms with Crippen molar-refractivity contribution in [2.45, 2.75) is 59.2 Å². The molecule has 0 saturated carbocycles. The molecule has 0 radical (unpaired) electrons. The third kappa shape index (κ3) is 7.04. The number of esters is 2. The Morgan fingerprint density at radius 3 is 2.74 bits per heavy atom. The van der Waals surface area contributed by atoms with E-state index in [0.717, 1.165) is 6.42 Å². The highest BCUT2D eigenvalue weighted by Gasteiger charge is 2.37. The van der Waals surface area contributed by atoms with E-state index in [2.05, 4.69) is 31.8 Å². The molecule has 2 aliphatic rings. The van der Waals surface area contributed by atoms with Gasteiger partial charge in [-0.15, -0.1) is 0 Å². The van der Waals surface area contributed by atoms with E-state index in [9.17, 15) is 14.7 Å². The molecule has 0 aliphatic heterocycles. The average molecular weight is 483 g/mol. The molecule has 3 rings (SSSR count). The van der Waals surface area contributed by atoms with Gasteiger partial charge in [0.1, 0.15) is 12.2 Å². The Kier molecular flexibility index (Phi) is 9.26. The first-order valence-electron chi connectivity index (χ1n) is 12.5. The predicted molar refractivity (Wildman–Crippen MR) is 135 cm³/mol. The van der Waals surface area contributed by atoms with Gasteiger partial charge in [0.05, 0.1) is 24.2 Å². The van der Waals surface area contributed by atoms with Gasteiger partial charge in [0.15, 0.2) is 0 Å². The number of carbonyl (C=O) groups is 2. The lowest BCUT2D eigenvalue weighted by molar-refractivity contribution is -0.143. The van der Waals surface area contributed by atoms with Crippen molar-refractivity contribution < 1.29 is 24.2 Å². The highest BCUT2D eigenvalue weighted by atomic mass is 16.5. The number of hydrogen-bond donors (Lipinski definition) is 1. The van der Waals surface area contributed by atoms with E-state index >= 15 is 0 Å². The maximum absolute atomic E-state index is 12.7. The Hall–Kier alpha value is -2.93. The number of imidazole rings is 1. The molecule has 35 heavy (non-hydrogen) atoms. The van der Waals surface area contributed by atoms with E-state index < -0.39 is 18.0 Å². The summed E-state index contributed by atoms with van der Waals surface area (Å²) in [6.07, 6.45) is 14.6. The van der Waals surface area contributed by atoms with Crippen LogP contribution in [0.15, 0.2) is 54.1 Å². The summed E-state index contributed by atoms with van der Waals surface area (Å²) in [6, 6.07) is 0. The van der Waals surface area contributed by atoms with E-state index in [1.165, 1.54) is 11.6 Å². The summed E-state index contributed by atoms with van der Waals surface area (Å²) < 4.78 is 12.9. The molecule has 5 atom stereocenters. The zero-order valence-electron chi connectivity index (χ0n) is 21.4. The molecule has 0 fully saturated rings. The van der Waals surface area contributed by atoms with Crippen molar-refractivity contribution in [3.8, 4) is 0 Å². The zero-order chi connectivity index (χ0) is 25.5. The Morgan fingerprint density at radius 1 is 1.31 bits per heavy atom. The smallest absolute Gasteiger partial charge is 0.336 e. The van der Waals surface area contributed by atoms with Crippen LogP contribution in [-0.4, -0.2) is 45.4 Å². The number of aromatic nitrogens is 2. The molecule has 0 aromatic carbocycles. The van der Waals surface area contributed by atoms with E-state index in [1.807, 2.05) is 23.9 Å². The average Bonchev–Trinajstić information content (AvgIpc) is 3.22. The number of carbonyl (C=O) groups excluding carboxylic acids is 2. The molecule has 1 N–H and O–H groups in total. The van der Waals surface area contributed by atoms with Gasteiger partial charge in [-0.05, 0) is 56.4 Å². The molecule has 1 aromatic heterocycles. The van der Waals surface area contributed by atoms with Crippen molar-refractivity contribution in [2.75, 3.05) is 6.61 Å². The molecule has 0 bridgehead atoms. The summed E-state index contributed by atoms with van der Waals surface area (Å²) >= 11 is 0. The summed E-state index contributed by atoms with van der Waals surface area (Å²) in [5, 5.41) is 10.9. The molecular weight excluding hydrogens is 444 g/mol. The van der Waals surface area contributed by atoms with Crippen molar-refractivity contribution in [3.63, 3.8) is 0 Å². The number of allylic oxidation sites excluding steroid dienone is 3. The molecule has 190 valence electrons. The number of aliphatic hydroxyl groups is 1. The third-order valence-electron chi connectivity index (χ3n) is 6.95. The predicted octanol–water partition coefficient (Wildman–Crippen LogP) is 4.40. The number of aliphatic hydroxyl groups excluding tert-OH is 1. The van der Waals surface area contributed by atoms with Crippen molar-refractivity contribution in [3.05, 3.63) is 59.7 Å². The van der Waals surface area contributed by atoms with Crippen molar-refractivity contribution in [2.24, 2.45) is 30.7 Å². The van der Waals surface area contributed by atoms with Crippen molar-refractivity contribution in [1.29, 1.82) is 0 Å². The van der Waals surface area contributed by atoms with Crippen LogP contribution in [0, 0.1) is 23.7 Å². The monoisotopic (exact) mass is 482 g/mol. The summed E-state index contributed by atoms with van der Waals surface area (Å²) in [7, 11) is 1.87. The highest BCUT2D eigenvalue weighted by Crippen LogP contribution is 2.43. The normalized spacial score (nSPS) is 29.6. The second kappa shape index (κ2) is 12.2. The Labute approximate surface area is 208 Å². The first-order valence-corrected chi connectivity index (χ1v) is 12.5. The lowest BCUT2D eigenvalue weighted by atomic mass is 9.65. The number of fused-ring (bicyclic) bond motifs is 1. The molecular formula is C28H38N2O5. The van der Waals surface area contributed by atoms with Crippen LogP contribution in [0.4, 0.5) is 0 Å². The fourth-order valence-electron chi connectivity index (χ4n) is 5.06. The quantitative estimate of drug-likeness (QED) is 0.367. The Bertz CT molecular complexity index is 1020. The van der Waals surface area contributed by atoms with Crippen LogP contribution in [-0.2, 0) is 26.1 Å². The first-order chi connectivity index (χ1) is 16.7. The third-order valence-corrected chi connectivity index (χ3v) is 6.95. The first kappa shape index (κ1) is 26.7. The number of hydrogen-bond acceptors (Lipinski definition) is 6. The summed E-state index contributed by atoms with van der Waals surface area (Å²) in [5.74, 6) is -0.138. The summed E-state index contributed by atoms with van der Waals surface area (Å²) in [4.78, 5) is 29.5. The zero-order valence-corrected chi connectivity index (χ0v) is 21.4. The number of rotatable bonds is 6. The second-order valence-corrected chi connectivity index (χ2v) is 9.82. The largest absolute Gasteiger partial charge is 0.463 e. The minimum atomic E-state index is -1.08. The maximum Gasteiger partial charge on any atom is 0.336 e. The van der Waals surface area contributed by atoms with E-state index in [1.54, 1.807) is 31.5 Å². The van der Waals surface area contributed by atoms with Gasteiger partial charge in [-0.25, -0.2) is 14.6 Å². The van der Waals surface area contributed by atoms with Crippen LogP contribution in [0.5, 0.6) is 0 Å². The van der Waals surface area contributed by atoms with Crippen molar-refractivity contribution in [1.82, 2.24) is 9.55 Å². The number of aryl methyl sites for hydroxylation is 1. The second-order valence-electron chi connectivity index (χ2n) is 9.82. The minimum absolute atomic E-state index is 0.0193. The van der Waals surface area contributed by atoms with E-state index in [0.29, 0.717) is 30.4 Å². The van der Waals surface area contributed by atoms with Gasteiger partial charge in [-0.3, -0.25) is 0 Å². The van der Waals surface area contributed by atoms with Gasteiger partial charge in [-0.2, -0.15) is 0 Å². The molecule has 0 saturated heterocycles. The van der Waals surface area contributed by atoms with Gasteiger partial charge in [0.25, 0.3) is 0 Å². The number of ether oxygens (including phenoxy) is 2. The molecule has 0 amide bonds. The molecule has 2 aliphatic carbocycles. The van der Waals surface area contributed by atoms with Gasteiger partial charge in [0.2, 0.25) is 0 Å². The molecule has 7 nitrogen and oxygen atoms in total. The SMILES string of the molecule is CCOC(=O)/C1=C/C2C(CC(OC(=O)/C=C/c3cn(C)cn3)C/C=C\C1O)C(C)=CCC2C(C)C. The lowest BCUT2D eigenvalue weighted by Crippen LogP contribution is -2.35. The van der Waals surface area contributed by atoms with Crippen LogP contribution in [0.3, 0.4) is 0 Å². The maximum atomic E-state index is 12.7. The van der Waals surface area contributed by atoms with E-state index in [-0.39, 0.29) is 30.1 Å². The molecule has 0 spiro atoms. The molecule has 5 unspecified atom stereocenters. The van der Waals surface area contributed by atoms with E-state index in [4.69, 9.17) is 9.47 Å². The van der Waals surface area contributed by atoms with Crippen molar-refractivity contribution >= 4 is 18.0 Å². The Morgan fingerprint density at radius 2 is 2.09 bits per heavy atom. The summed E-state index contributed by atoms with van der Waals surface area (Å²) in [6.45, 7) is 8.48. The Balaban J connectivity index is 1.89. The van der Waals surface area contributed by atoms with Gasteiger partial charge in [-0.1, -0.05) is 43.7 Å². The van der Waals surface area contributed by atoms with Crippen LogP contribution in [0.25, 0.3) is 6.08 Å². The molecule has 1 aromatic rings. The standard InChI is InChI=1S/C28H38N2O5/c1-6-34-28(33)25-15-24-22(18(2)3)12-10-19(4)23(24)14-21(8-7-9-26(25)31)35-27(32)13-11-20-16-30(5)17-29-20/h7,9-11,13,15-18,21-24,26,31H,6,8,12,14H2,1-5H3/b9-7-,13-11+,25-15+. The van der Waals surface area contributed by atoms with Crippen LogP contribution >= 0.6 is 0 Å². The minimum Gasteiger partial charge on any atom is -0.463 e. The van der Waals surface area contributed by atoms with Gasteiger partial charge < -0.3 is 19.1 Å². The van der Waals surface area contributed by atoms with Crippen LogP contribution < -0.4 is 0 Å². The van der Waals surface area contributed by atoms with Gasteiger partial charge in [0, 0.05) is 25.7 Å². The topological polar surface area (TPSA) is 90.7 Å². The summed E-state index contributed by atoms with van der Waals surface area (Å²) in [5.41, 5.74) is 2.18. The van der Waals surface area contributed by atoms with Crippen LogP contribution in [0.1, 0.15) is 52.7 Å². The number of nitrogens with zero attached hydrogens (tertiary/aromatic N) is 2. The van der Waals surface area contributed by atoms with Gasteiger partial charge >= 0.3 is 11.9 Å². The molecule has 1 heterocycles. The lowest BCUT2D eigenvalue weighted by Gasteiger charge is -2.40. The highest BCUT2D eigenvalue weighted by molar-refractivity contribution is 5.90. The van der Waals surface area contributed by atoms with Crippen LogP contribution in [0.2, 0.25) is 0 Å². The fourth-order valence-corrected chi connectivity index (χ4v) is 5.06.